The van der Waals surface area contributed by atoms with Crippen molar-refractivity contribution in [3.63, 3.8) is 0 Å². The van der Waals surface area contributed by atoms with Crippen LogP contribution in [-0.2, 0) is 28.5 Å². The summed E-state index contributed by atoms with van der Waals surface area (Å²) in [4.78, 5) is 23.6. The Hall–Kier alpha value is -3.66. The topological polar surface area (TPSA) is 200 Å². The molecule has 0 aromatic heterocycles. The van der Waals surface area contributed by atoms with E-state index in [9.17, 15) is 35.1 Å². The highest BCUT2D eigenvalue weighted by Gasteiger charge is 2.48. The Bertz CT molecular complexity index is 1300. The van der Waals surface area contributed by atoms with Gasteiger partial charge in [0.2, 0.25) is 6.29 Å². The highest BCUT2D eigenvalue weighted by Crippen LogP contribution is 2.51. The van der Waals surface area contributed by atoms with E-state index in [1.54, 1.807) is 24.3 Å². The number of hydrogen-bond donors (Lipinski definition) is 5. The molecule has 2 aromatic rings. The van der Waals surface area contributed by atoms with Crippen molar-refractivity contribution in [1.29, 1.82) is 0 Å². The Morgan fingerprint density at radius 2 is 1.30 bits per heavy atom. The quantitative estimate of drug-likeness (QED) is 0.220. The number of aliphatic hydroxyl groups excluding tert-OH is 4. The lowest BCUT2D eigenvalue weighted by Gasteiger charge is -2.39. The lowest BCUT2D eigenvalue weighted by Crippen LogP contribution is -2.60. The molecule has 242 valence electrons. The zero-order valence-corrected chi connectivity index (χ0v) is 24.7. The highest BCUT2D eigenvalue weighted by atomic mass is 16.7. The van der Waals surface area contributed by atoms with Crippen molar-refractivity contribution in [2.75, 3.05) is 34.0 Å². The highest BCUT2D eigenvalue weighted by molar-refractivity contribution is 5.66. The first kappa shape index (κ1) is 33.2. The lowest BCUT2D eigenvalue weighted by atomic mass is 9.83. The second-order valence-electron chi connectivity index (χ2n) is 10.6. The van der Waals surface area contributed by atoms with Crippen LogP contribution in [0.25, 0.3) is 0 Å². The smallest absolute Gasteiger partial charge is 0.302 e. The second-order valence-corrected chi connectivity index (χ2v) is 10.6. The van der Waals surface area contributed by atoms with Crippen molar-refractivity contribution in [2.24, 2.45) is 11.8 Å². The van der Waals surface area contributed by atoms with Gasteiger partial charge in [-0.1, -0.05) is 12.1 Å². The molecule has 0 amide bonds. The molecule has 0 spiro atoms. The lowest BCUT2D eigenvalue weighted by molar-refractivity contribution is -0.277. The number of hydrogen-bond acceptors (Lipinski definition) is 14. The average molecular weight is 623 g/mol. The third-order valence-corrected chi connectivity index (χ3v) is 7.72. The summed E-state index contributed by atoms with van der Waals surface area (Å²) in [5.74, 6) is -1.55. The molecule has 14 nitrogen and oxygen atoms in total. The largest absolute Gasteiger partial charge is 0.504 e. The summed E-state index contributed by atoms with van der Waals surface area (Å²) in [5.41, 5.74) is 1.21. The zero-order valence-electron chi connectivity index (χ0n) is 24.7. The van der Waals surface area contributed by atoms with Crippen LogP contribution in [-0.4, -0.2) is 102 Å². The van der Waals surface area contributed by atoms with Gasteiger partial charge in [0.1, 0.15) is 24.4 Å². The van der Waals surface area contributed by atoms with Crippen LogP contribution in [0, 0.1) is 11.8 Å². The van der Waals surface area contributed by atoms with Crippen molar-refractivity contribution in [1.82, 2.24) is 0 Å². The van der Waals surface area contributed by atoms with Gasteiger partial charge >= 0.3 is 11.9 Å². The molecule has 5 N–H and O–H groups in total. The van der Waals surface area contributed by atoms with E-state index < -0.39 is 73.3 Å². The van der Waals surface area contributed by atoms with Crippen LogP contribution in [0.15, 0.2) is 36.4 Å². The molecule has 2 heterocycles. The van der Waals surface area contributed by atoms with Gasteiger partial charge in [-0.2, -0.15) is 0 Å². The fourth-order valence-corrected chi connectivity index (χ4v) is 5.43. The monoisotopic (exact) mass is 622 g/mol. The van der Waals surface area contributed by atoms with Crippen LogP contribution in [0.5, 0.6) is 23.0 Å². The Balaban J connectivity index is 1.68. The molecule has 0 aliphatic carbocycles. The Morgan fingerprint density at radius 1 is 0.750 bits per heavy atom. The number of phenolic OH excluding ortho intramolecular Hbond substituents is 1. The molecule has 2 fully saturated rings. The van der Waals surface area contributed by atoms with E-state index in [0.717, 1.165) is 0 Å². The molecule has 2 aliphatic heterocycles. The minimum atomic E-state index is -1.63. The first-order chi connectivity index (χ1) is 21.0. The fourth-order valence-electron chi connectivity index (χ4n) is 5.43. The number of aliphatic hydroxyl groups is 4. The van der Waals surface area contributed by atoms with E-state index in [4.69, 9.17) is 33.2 Å². The van der Waals surface area contributed by atoms with E-state index in [1.165, 1.54) is 40.2 Å². The van der Waals surface area contributed by atoms with Gasteiger partial charge < -0.3 is 58.7 Å². The molecule has 2 aromatic carbocycles. The summed E-state index contributed by atoms with van der Waals surface area (Å²) in [6.45, 7) is 1.82. The van der Waals surface area contributed by atoms with Crippen LogP contribution < -0.4 is 14.2 Å². The minimum Gasteiger partial charge on any atom is -0.504 e. The number of esters is 2. The minimum absolute atomic E-state index is 0.0545. The van der Waals surface area contributed by atoms with Crippen LogP contribution >= 0.6 is 0 Å². The van der Waals surface area contributed by atoms with Gasteiger partial charge in [-0.15, -0.1) is 0 Å². The molecular weight excluding hydrogens is 584 g/mol. The van der Waals surface area contributed by atoms with Crippen LogP contribution in [0.2, 0.25) is 0 Å². The third kappa shape index (κ3) is 7.17. The molecular formula is C30H38O14. The fraction of sp³-hybridized carbons (Fsp3) is 0.533. The zero-order chi connectivity index (χ0) is 32.1. The molecule has 0 bridgehead atoms. The number of methoxy groups -OCH3 is 2. The number of benzene rings is 2. The predicted molar refractivity (Wildman–Crippen MR) is 149 cm³/mol. The summed E-state index contributed by atoms with van der Waals surface area (Å²) in [7, 11) is 2.80. The molecule has 2 saturated heterocycles. The molecule has 14 heteroatoms. The summed E-state index contributed by atoms with van der Waals surface area (Å²) in [6.07, 6.45) is -8.80. The van der Waals surface area contributed by atoms with E-state index in [-0.39, 0.29) is 36.2 Å². The van der Waals surface area contributed by atoms with Crippen LogP contribution in [0.1, 0.15) is 37.2 Å². The Labute approximate surface area is 253 Å². The number of ether oxygens (including phenoxy) is 7. The summed E-state index contributed by atoms with van der Waals surface area (Å²) in [6, 6.07) is 9.54. The second kappa shape index (κ2) is 14.4. The van der Waals surface area contributed by atoms with Gasteiger partial charge in [0.15, 0.2) is 23.0 Å². The third-order valence-electron chi connectivity index (χ3n) is 7.72. The van der Waals surface area contributed by atoms with E-state index in [1.807, 2.05) is 0 Å². The Morgan fingerprint density at radius 3 is 1.82 bits per heavy atom. The number of rotatable bonds is 11. The van der Waals surface area contributed by atoms with Crippen molar-refractivity contribution < 1.29 is 68.3 Å². The molecule has 0 unspecified atom stereocenters. The molecule has 0 radical (unpaired) electrons. The SMILES string of the molecule is COc1cc([C@H]2O[C@H](c3ccc(O[C@@H]4O[C@H](CO)[C@@H](O)[C@H](O)[C@H]4O)c(OC)c3)[C@@H](COC(C)=O)[C@@H]2COC(C)=O)ccc1O. The van der Waals surface area contributed by atoms with E-state index in [2.05, 4.69) is 0 Å². The van der Waals surface area contributed by atoms with Crippen molar-refractivity contribution in [3.05, 3.63) is 47.5 Å². The maximum absolute atomic E-state index is 11.8. The Kier molecular flexibility index (Phi) is 10.9. The first-order valence-corrected chi connectivity index (χ1v) is 13.9. The van der Waals surface area contributed by atoms with Gasteiger partial charge in [0, 0.05) is 25.7 Å². The van der Waals surface area contributed by atoms with Crippen molar-refractivity contribution in [2.45, 2.75) is 56.8 Å². The van der Waals surface area contributed by atoms with E-state index in [0.29, 0.717) is 11.1 Å². The maximum atomic E-state index is 11.8. The van der Waals surface area contributed by atoms with Crippen LogP contribution in [0.3, 0.4) is 0 Å². The molecule has 4 rings (SSSR count). The van der Waals surface area contributed by atoms with Gasteiger partial charge in [0.25, 0.3) is 0 Å². The maximum Gasteiger partial charge on any atom is 0.302 e. The summed E-state index contributed by atoms with van der Waals surface area (Å²) in [5, 5.41) is 50.3. The normalized spacial score (nSPS) is 30.0. The van der Waals surface area contributed by atoms with Crippen molar-refractivity contribution >= 4 is 11.9 Å². The first-order valence-electron chi connectivity index (χ1n) is 13.9. The van der Waals surface area contributed by atoms with Gasteiger partial charge in [-0.3, -0.25) is 9.59 Å². The summed E-state index contributed by atoms with van der Waals surface area (Å²) >= 11 is 0. The standard InChI is InChI=1S/C30H38O14/c1-14(32)40-12-18-19(13-41-15(2)33)29(44-28(18)16-5-7-20(34)22(9-16)38-3)17-6-8-21(23(10-17)39-4)42-30-27(37)26(36)25(35)24(11-31)43-30/h5-10,18-19,24-31,34-37H,11-13H2,1-4H3/t18-,19-,24+,25+,26-,27+,28+,29+,30+/m0/s1. The van der Waals surface area contributed by atoms with Crippen LogP contribution in [0.4, 0.5) is 0 Å². The van der Waals surface area contributed by atoms with Gasteiger partial charge in [-0.25, -0.2) is 0 Å². The molecule has 44 heavy (non-hydrogen) atoms. The van der Waals surface area contributed by atoms with Gasteiger partial charge in [0.05, 0.1) is 46.2 Å². The number of aromatic hydroxyl groups is 1. The average Bonchev–Trinajstić information content (AvgIpc) is 3.37. The number of phenols is 1. The number of carbonyl (C=O) groups excluding carboxylic acids is 2. The van der Waals surface area contributed by atoms with E-state index >= 15 is 0 Å². The molecule has 9 atom stereocenters. The molecule has 2 aliphatic rings. The molecule has 0 saturated carbocycles. The van der Waals surface area contributed by atoms with Gasteiger partial charge in [-0.05, 0) is 35.4 Å². The van der Waals surface area contributed by atoms with Crippen molar-refractivity contribution in [3.8, 4) is 23.0 Å². The summed E-state index contributed by atoms with van der Waals surface area (Å²) < 4.78 is 39.4. The predicted octanol–water partition coefficient (Wildman–Crippen LogP) is 0.759. The number of carbonyl (C=O) groups is 2.